The van der Waals surface area contributed by atoms with E-state index in [9.17, 15) is 4.79 Å². The number of ether oxygens (including phenoxy) is 1. The summed E-state index contributed by atoms with van der Waals surface area (Å²) in [4.78, 5) is 16.2. The molecular formula is C12H15BrN4O2. The van der Waals surface area contributed by atoms with E-state index in [1.165, 1.54) is 0 Å². The van der Waals surface area contributed by atoms with E-state index in [-0.39, 0.29) is 11.6 Å². The lowest BCUT2D eigenvalue weighted by atomic mass is 10.4. The van der Waals surface area contributed by atoms with Gasteiger partial charge in [0.15, 0.2) is 11.3 Å². The van der Waals surface area contributed by atoms with E-state index < -0.39 is 0 Å². The maximum Gasteiger partial charge on any atom is 0.273 e. The molecule has 7 heteroatoms. The number of nitrogen functional groups attached to an aromatic ring is 1. The Bertz CT molecular complexity index is 624. The van der Waals surface area contributed by atoms with Gasteiger partial charge in [0.2, 0.25) is 0 Å². The maximum absolute atomic E-state index is 11.9. The van der Waals surface area contributed by atoms with Gasteiger partial charge in [-0.15, -0.1) is 0 Å². The second kappa shape index (κ2) is 5.48. The molecule has 0 aromatic carbocycles. The molecule has 1 amide bonds. The minimum absolute atomic E-state index is 0.224. The minimum Gasteiger partial charge on any atom is -0.495 e. The van der Waals surface area contributed by atoms with E-state index in [4.69, 9.17) is 10.5 Å². The number of pyridine rings is 1. The van der Waals surface area contributed by atoms with Crippen molar-refractivity contribution in [2.45, 2.75) is 13.3 Å². The third kappa shape index (κ3) is 2.37. The topological polar surface area (TPSA) is 81.6 Å². The Morgan fingerprint density at radius 2 is 2.37 bits per heavy atom. The van der Waals surface area contributed by atoms with E-state index in [2.05, 4.69) is 26.2 Å². The van der Waals surface area contributed by atoms with Gasteiger partial charge in [0.25, 0.3) is 5.91 Å². The molecule has 102 valence electrons. The number of hydrogen-bond acceptors (Lipinski definition) is 4. The summed E-state index contributed by atoms with van der Waals surface area (Å²) < 4.78 is 7.50. The number of hydrogen-bond donors (Lipinski definition) is 2. The van der Waals surface area contributed by atoms with Gasteiger partial charge < -0.3 is 15.8 Å². The number of nitrogens with zero attached hydrogens (tertiary/aromatic N) is 2. The largest absolute Gasteiger partial charge is 0.495 e. The van der Waals surface area contributed by atoms with Crippen LogP contribution in [0, 0.1) is 0 Å². The van der Waals surface area contributed by atoms with Crippen LogP contribution in [-0.4, -0.2) is 28.9 Å². The highest BCUT2D eigenvalue weighted by atomic mass is 79.9. The van der Waals surface area contributed by atoms with E-state index in [1.54, 1.807) is 23.8 Å². The summed E-state index contributed by atoms with van der Waals surface area (Å²) in [5.74, 6) is 0.680. The molecule has 2 aromatic rings. The first-order valence-corrected chi connectivity index (χ1v) is 6.67. The number of fused-ring (bicyclic) bond motifs is 1. The van der Waals surface area contributed by atoms with Crippen LogP contribution >= 0.6 is 15.9 Å². The van der Waals surface area contributed by atoms with Crippen molar-refractivity contribution >= 4 is 33.3 Å². The molecule has 2 rings (SSSR count). The van der Waals surface area contributed by atoms with Crippen LogP contribution in [0.1, 0.15) is 23.8 Å². The predicted molar refractivity (Wildman–Crippen MR) is 76.5 cm³/mol. The van der Waals surface area contributed by atoms with Gasteiger partial charge in [-0.25, -0.2) is 4.98 Å². The Morgan fingerprint density at radius 1 is 1.63 bits per heavy atom. The number of halogens is 1. The lowest BCUT2D eigenvalue weighted by Crippen LogP contribution is -2.25. The molecule has 0 radical (unpaired) electrons. The van der Waals surface area contributed by atoms with Gasteiger partial charge in [0.05, 0.1) is 7.11 Å². The van der Waals surface area contributed by atoms with Crippen LogP contribution < -0.4 is 15.8 Å². The Balaban J connectivity index is 2.50. The summed E-state index contributed by atoms with van der Waals surface area (Å²) in [5.41, 5.74) is 6.73. The molecule has 0 bridgehead atoms. The highest BCUT2D eigenvalue weighted by molar-refractivity contribution is 9.10. The molecule has 3 N–H and O–H groups in total. The smallest absolute Gasteiger partial charge is 0.273 e. The number of amides is 1. The summed E-state index contributed by atoms with van der Waals surface area (Å²) >= 11 is 3.40. The van der Waals surface area contributed by atoms with Crippen LogP contribution in [0.3, 0.4) is 0 Å². The Labute approximate surface area is 119 Å². The van der Waals surface area contributed by atoms with Gasteiger partial charge in [-0.1, -0.05) is 6.92 Å². The molecule has 0 fully saturated rings. The number of nitrogens with two attached hydrogens (primary N) is 1. The predicted octanol–water partition coefficient (Wildman–Crippen LogP) is 1.83. The SMILES string of the molecule is CCCNC(=O)c1nc2c(Br)c(OC)ccn2c1N. The average molecular weight is 327 g/mol. The Hall–Kier alpha value is -1.76. The number of carbonyl (C=O) groups excluding carboxylic acids is 1. The van der Waals surface area contributed by atoms with Crippen LogP contribution in [0.5, 0.6) is 5.75 Å². The van der Waals surface area contributed by atoms with Crippen molar-refractivity contribution in [3.63, 3.8) is 0 Å². The fraction of sp³-hybridized carbons (Fsp3) is 0.333. The minimum atomic E-state index is -0.270. The zero-order valence-corrected chi connectivity index (χ0v) is 12.3. The summed E-state index contributed by atoms with van der Waals surface area (Å²) in [6, 6.07) is 1.75. The molecular weight excluding hydrogens is 312 g/mol. The number of carbonyl (C=O) groups is 1. The van der Waals surface area contributed by atoms with Gasteiger partial charge in [-0.2, -0.15) is 0 Å². The summed E-state index contributed by atoms with van der Waals surface area (Å²) in [7, 11) is 1.57. The molecule has 2 heterocycles. The van der Waals surface area contributed by atoms with Crippen LogP contribution in [0.4, 0.5) is 5.82 Å². The van der Waals surface area contributed by atoms with Crippen LogP contribution in [-0.2, 0) is 0 Å². The molecule has 0 saturated carbocycles. The first-order valence-electron chi connectivity index (χ1n) is 5.88. The number of imidazole rings is 1. The average Bonchev–Trinajstić information content (AvgIpc) is 2.75. The van der Waals surface area contributed by atoms with Crippen molar-refractivity contribution in [2.75, 3.05) is 19.4 Å². The highest BCUT2D eigenvalue weighted by Gasteiger charge is 2.19. The zero-order chi connectivity index (χ0) is 14.0. The molecule has 0 unspecified atom stereocenters. The lowest BCUT2D eigenvalue weighted by molar-refractivity contribution is 0.0950. The van der Waals surface area contributed by atoms with Crippen molar-refractivity contribution in [3.05, 3.63) is 22.4 Å². The van der Waals surface area contributed by atoms with E-state index >= 15 is 0 Å². The van der Waals surface area contributed by atoms with Gasteiger partial charge in [-0.3, -0.25) is 9.20 Å². The molecule has 0 aliphatic carbocycles. The van der Waals surface area contributed by atoms with Gasteiger partial charge in [-0.05, 0) is 28.4 Å². The standard InChI is InChI=1S/C12H15BrN4O2/c1-3-5-15-12(18)9-10(14)17-6-4-7(19-2)8(13)11(17)16-9/h4,6H,3,5,14H2,1-2H3,(H,15,18). The van der Waals surface area contributed by atoms with E-state index in [1.807, 2.05) is 6.92 Å². The maximum atomic E-state index is 11.9. The summed E-state index contributed by atoms with van der Waals surface area (Å²) in [6.45, 7) is 2.57. The molecule has 0 atom stereocenters. The number of methoxy groups -OCH3 is 1. The molecule has 2 aromatic heterocycles. The van der Waals surface area contributed by atoms with Crippen LogP contribution in [0.2, 0.25) is 0 Å². The zero-order valence-electron chi connectivity index (χ0n) is 10.7. The molecule has 0 aliphatic rings. The fourth-order valence-corrected chi connectivity index (χ4v) is 2.30. The third-order valence-corrected chi connectivity index (χ3v) is 3.45. The molecule has 6 nitrogen and oxygen atoms in total. The second-order valence-corrected chi connectivity index (χ2v) is 4.79. The summed E-state index contributed by atoms with van der Waals surface area (Å²) in [5, 5.41) is 2.76. The molecule has 0 aliphatic heterocycles. The Morgan fingerprint density at radius 3 is 3.00 bits per heavy atom. The van der Waals surface area contributed by atoms with Crippen molar-refractivity contribution in [2.24, 2.45) is 0 Å². The molecule has 19 heavy (non-hydrogen) atoms. The first kappa shape index (κ1) is 13.7. The Kier molecular flexibility index (Phi) is 3.94. The van der Waals surface area contributed by atoms with Crippen LogP contribution in [0.25, 0.3) is 5.65 Å². The first-order chi connectivity index (χ1) is 9.10. The molecule has 0 spiro atoms. The van der Waals surface area contributed by atoms with Crippen molar-refractivity contribution in [3.8, 4) is 5.75 Å². The van der Waals surface area contributed by atoms with Crippen LogP contribution in [0.15, 0.2) is 16.7 Å². The monoisotopic (exact) mass is 326 g/mol. The summed E-state index contributed by atoms with van der Waals surface area (Å²) in [6.07, 6.45) is 2.58. The van der Waals surface area contributed by atoms with Crippen molar-refractivity contribution in [1.82, 2.24) is 14.7 Å². The molecule has 0 saturated heterocycles. The normalized spacial score (nSPS) is 10.7. The van der Waals surface area contributed by atoms with Crippen molar-refractivity contribution in [1.29, 1.82) is 0 Å². The number of aromatic nitrogens is 2. The van der Waals surface area contributed by atoms with Gasteiger partial charge >= 0.3 is 0 Å². The lowest BCUT2D eigenvalue weighted by Gasteiger charge is -2.04. The van der Waals surface area contributed by atoms with Gasteiger partial charge in [0, 0.05) is 12.7 Å². The quantitative estimate of drug-likeness (QED) is 0.898. The number of nitrogens with one attached hydrogen (secondary N) is 1. The second-order valence-electron chi connectivity index (χ2n) is 3.99. The number of anilines is 1. The van der Waals surface area contributed by atoms with Crippen molar-refractivity contribution < 1.29 is 9.53 Å². The van der Waals surface area contributed by atoms with E-state index in [0.717, 1.165) is 6.42 Å². The third-order valence-electron chi connectivity index (χ3n) is 2.71. The van der Waals surface area contributed by atoms with E-state index in [0.29, 0.717) is 28.2 Å². The fourth-order valence-electron chi connectivity index (χ4n) is 1.72. The van der Waals surface area contributed by atoms with Gasteiger partial charge in [0.1, 0.15) is 16.0 Å². The number of rotatable bonds is 4. The highest BCUT2D eigenvalue weighted by Crippen LogP contribution is 2.30.